The first kappa shape index (κ1) is 34.6. The zero-order chi connectivity index (χ0) is 40.0. The number of rotatable bonds is 6. The molecular weight excluding hydrogens is 727 g/mol. The van der Waals surface area contributed by atoms with Crippen LogP contribution in [0.15, 0.2) is 217 Å². The average molecular weight is 768 g/mol. The Morgan fingerprint density at radius 1 is 0.400 bits per heavy atom. The van der Waals surface area contributed by atoms with Gasteiger partial charge in [-0.3, -0.25) is 0 Å². The SMILES string of the molecule is CC1(C)c2ccccc2-c2c(N(c3ccc(-c4ccccc4)cc3)c3ccc(C4(c5ccccc5)c5ccccc5-c5ccccc54)c4c3oc3ccccc34)cccc21. The van der Waals surface area contributed by atoms with Gasteiger partial charge in [-0.15, -0.1) is 0 Å². The standard InChI is InChI=1S/C58H41NO/c1-57(2)46-26-13-11-24-44(46)54-49(57)29-17-30-51(54)59(41-34-32-39(33-35-41)38-18-5-3-6-19-38)52-37-36-50(55-45-25-12-16-31-53(45)60-56(52)55)58(40-20-7-4-8-21-40)47-27-14-9-22-42(47)43-23-10-15-28-48(43)58/h3-37H,1-2H3. The highest BCUT2D eigenvalue weighted by molar-refractivity contribution is 6.14. The Labute approximate surface area is 350 Å². The van der Waals surface area contributed by atoms with Crippen LogP contribution < -0.4 is 4.90 Å². The minimum atomic E-state index is -0.600. The molecule has 0 amide bonds. The normalized spacial score (nSPS) is 14.1. The molecule has 0 radical (unpaired) electrons. The Bertz CT molecular complexity index is 3240. The van der Waals surface area contributed by atoms with Gasteiger partial charge >= 0.3 is 0 Å². The van der Waals surface area contributed by atoms with Gasteiger partial charge in [0.15, 0.2) is 5.58 Å². The Balaban J connectivity index is 1.19. The zero-order valence-corrected chi connectivity index (χ0v) is 33.6. The zero-order valence-electron chi connectivity index (χ0n) is 33.6. The summed E-state index contributed by atoms with van der Waals surface area (Å²) in [6, 6.07) is 77.8. The molecule has 0 spiro atoms. The van der Waals surface area contributed by atoms with E-state index in [4.69, 9.17) is 4.42 Å². The van der Waals surface area contributed by atoms with Gasteiger partial charge in [0.1, 0.15) is 5.58 Å². The Kier molecular flexibility index (Phi) is 7.52. The second-order valence-electron chi connectivity index (χ2n) is 16.8. The minimum Gasteiger partial charge on any atom is -0.454 e. The van der Waals surface area contributed by atoms with E-state index in [0.29, 0.717) is 0 Å². The van der Waals surface area contributed by atoms with Gasteiger partial charge in [-0.2, -0.15) is 0 Å². The Morgan fingerprint density at radius 2 is 0.967 bits per heavy atom. The molecule has 0 unspecified atom stereocenters. The van der Waals surface area contributed by atoms with Crippen molar-refractivity contribution in [2.45, 2.75) is 24.7 Å². The third-order valence-corrected chi connectivity index (χ3v) is 13.4. The van der Waals surface area contributed by atoms with E-state index in [0.717, 1.165) is 39.0 Å². The highest BCUT2D eigenvalue weighted by Gasteiger charge is 2.48. The summed E-state index contributed by atoms with van der Waals surface area (Å²) in [6.07, 6.45) is 0. The smallest absolute Gasteiger partial charge is 0.159 e. The number of furan rings is 1. The van der Waals surface area contributed by atoms with Crippen LogP contribution in [0.25, 0.3) is 55.3 Å². The van der Waals surface area contributed by atoms with E-state index in [-0.39, 0.29) is 5.41 Å². The maximum atomic E-state index is 7.25. The maximum absolute atomic E-state index is 7.25. The van der Waals surface area contributed by atoms with Crippen molar-refractivity contribution in [3.05, 3.63) is 246 Å². The van der Waals surface area contributed by atoms with Crippen LogP contribution in [0.4, 0.5) is 17.1 Å². The van der Waals surface area contributed by atoms with Crippen LogP contribution in [0.3, 0.4) is 0 Å². The predicted molar refractivity (Wildman–Crippen MR) is 249 cm³/mol. The third kappa shape index (κ3) is 4.76. The summed E-state index contributed by atoms with van der Waals surface area (Å²) in [5, 5.41) is 2.23. The largest absolute Gasteiger partial charge is 0.454 e. The van der Waals surface area contributed by atoms with Crippen LogP contribution in [0.2, 0.25) is 0 Å². The lowest BCUT2D eigenvalue weighted by atomic mass is 9.66. The van der Waals surface area contributed by atoms with Gasteiger partial charge in [-0.25, -0.2) is 0 Å². The molecule has 2 aliphatic rings. The first-order chi connectivity index (χ1) is 29.5. The van der Waals surface area contributed by atoms with Crippen LogP contribution in [0.1, 0.15) is 47.2 Å². The van der Waals surface area contributed by atoms with Crippen molar-refractivity contribution < 1.29 is 4.42 Å². The quantitative estimate of drug-likeness (QED) is 0.168. The molecule has 9 aromatic carbocycles. The summed E-state index contributed by atoms with van der Waals surface area (Å²) in [5.41, 5.74) is 19.3. The number of hydrogen-bond acceptors (Lipinski definition) is 2. The number of nitrogens with zero attached hydrogens (tertiary/aromatic N) is 1. The molecule has 0 saturated carbocycles. The van der Waals surface area contributed by atoms with Crippen molar-refractivity contribution in [2.75, 3.05) is 4.90 Å². The fourth-order valence-electron chi connectivity index (χ4n) is 10.7. The molecule has 0 fully saturated rings. The molecule has 0 N–H and O–H groups in total. The lowest BCUT2D eigenvalue weighted by molar-refractivity contribution is 0.660. The van der Waals surface area contributed by atoms with E-state index >= 15 is 0 Å². The van der Waals surface area contributed by atoms with Gasteiger partial charge in [-0.05, 0) is 91.5 Å². The maximum Gasteiger partial charge on any atom is 0.159 e. The van der Waals surface area contributed by atoms with E-state index in [1.807, 2.05) is 0 Å². The summed E-state index contributed by atoms with van der Waals surface area (Å²) in [6.45, 7) is 4.71. The van der Waals surface area contributed by atoms with Crippen molar-refractivity contribution in [3.63, 3.8) is 0 Å². The van der Waals surface area contributed by atoms with Crippen LogP contribution in [0, 0.1) is 0 Å². The first-order valence-corrected chi connectivity index (χ1v) is 20.9. The van der Waals surface area contributed by atoms with Gasteiger partial charge in [0.2, 0.25) is 0 Å². The van der Waals surface area contributed by atoms with Crippen molar-refractivity contribution in [2.24, 2.45) is 0 Å². The molecule has 1 aromatic heterocycles. The van der Waals surface area contributed by atoms with E-state index in [1.54, 1.807) is 0 Å². The average Bonchev–Trinajstić information content (AvgIpc) is 3.93. The highest BCUT2D eigenvalue weighted by atomic mass is 16.3. The predicted octanol–water partition coefficient (Wildman–Crippen LogP) is 15.4. The number of hydrogen-bond donors (Lipinski definition) is 0. The molecular formula is C58H41NO. The van der Waals surface area contributed by atoms with Crippen molar-refractivity contribution in [1.29, 1.82) is 0 Å². The van der Waals surface area contributed by atoms with Crippen molar-refractivity contribution in [1.82, 2.24) is 0 Å². The minimum absolute atomic E-state index is 0.158. The second kappa shape index (κ2) is 13.0. The molecule has 0 bridgehead atoms. The van der Waals surface area contributed by atoms with Gasteiger partial charge in [0, 0.05) is 27.4 Å². The molecule has 2 heteroatoms. The van der Waals surface area contributed by atoms with E-state index in [9.17, 15) is 0 Å². The Morgan fingerprint density at radius 3 is 1.68 bits per heavy atom. The lowest BCUT2D eigenvalue weighted by Crippen LogP contribution is -2.29. The molecule has 284 valence electrons. The summed E-state index contributed by atoms with van der Waals surface area (Å²) in [7, 11) is 0. The van der Waals surface area contributed by atoms with Crippen LogP contribution in [-0.2, 0) is 10.8 Å². The fraction of sp³-hybridized carbons (Fsp3) is 0.0690. The fourth-order valence-corrected chi connectivity index (χ4v) is 10.7. The molecule has 0 saturated heterocycles. The van der Waals surface area contributed by atoms with E-state index in [2.05, 4.69) is 231 Å². The van der Waals surface area contributed by atoms with E-state index < -0.39 is 5.41 Å². The van der Waals surface area contributed by atoms with Gasteiger partial charge in [-0.1, -0.05) is 196 Å². The van der Waals surface area contributed by atoms with Crippen molar-refractivity contribution >= 4 is 39.0 Å². The van der Waals surface area contributed by atoms with Gasteiger partial charge in [0.05, 0.1) is 16.8 Å². The molecule has 12 rings (SSSR count). The molecule has 0 atom stereocenters. The second-order valence-corrected chi connectivity index (χ2v) is 16.8. The van der Waals surface area contributed by atoms with Crippen LogP contribution in [-0.4, -0.2) is 0 Å². The number of para-hydroxylation sites is 1. The topological polar surface area (TPSA) is 16.4 Å². The van der Waals surface area contributed by atoms with Gasteiger partial charge < -0.3 is 9.32 Å². The van der Waals surface area contributed by atoms with Crippen LogP contribution in [0.5, 0.6) is 0 Å². The molecule has 2 aliphatic carbocycles. The third-order valence-electron chi connectivity index (χ3n) is 13.4. The molecule has 1 heterocycles. The summed E-state index contributed by atoms with van der Waals surface area (Å²) in [5.74, 6) is 0. The van der Waals surface area contributed by atoms with Crippen molar-refractivity contribution in [3.8, 4) is 33.4 Å². The monoisotopic (exact) mass is 767 g/mol. The number of benzene rings is 9. The summed E-state index contributed by atoms with van der Waals surface area (Å²) >= 11 is 0. The molecule has 2 nitrogen and oxygen atoms in total. The lowest BCUT2D eigenvalue weighted by Gasteiger charge is -2.35. The summed E-state index contributed by atoms with van der Waals surface area (Å²) in [4.78, 5) is 2.45. The first-order valence-electron chi connectivity index (χ1n) is 20.9. The summed E-state index contributed by atoms with van der Waals surface area (Å²) < 4.78 is 7.25. The molecule has 60 heavy (non-hydrogen) atoms. The number of anilines is 3. The molecule has 10 aromatic rings. The Hall–Kier alpha value is -7.42. The highest BCUT2D eigenvalue weighted by Crippen LogP contribution is 2.60. The van der Waals surface area contributed by atoms with Crippen LogP contribution >= 0.6 is 0 Å². The number of fused-ring (bicyclic) bond motifs is 9. The van der Waals surface area contributed by atoms with E-state index in [1.165, 1.54) is 66.8 Å². The van der Waals surface area contributed by atoms with Gasteiger partial charge in [0.25, 0.3) is 0 Å². The molecule has 0 aliphatic heterocycles.